The molecule has 3 N–H and O–H groups in total. The summed E-state index contributed by atoms with van der Waals surface area (Å²) in [5, 5.41) is 14.9. The Kier molecular flexibility index (Phi) is 4.83. The van der Waals surface area contributed by atoms with Crippen LogP contribution in [0.2, 0.25) is 0 Å². The summed E-state index contributed by atoms with van der Waals surface area (Å²) in [6.07, 6.45) is 3.18. The fourth-order valence-electron chi connectivity index (χ4n) is 1.54. The van der Waals surface area contributed by atoms with Gasteiger partial charge in [0.2, 0.25) is 0 Å². The lowest BCUT2D eigenvalue weighted by Crippen LogP contribution is -2.34. The number of carbonyl (C=O) groups excluding carboxylic acids is 1. The van der Waals surface area contributed by atoms with Crippen LogP contribution in [0.1, 0.15) is 25.9 Å². The molecule has 0 aromatic carbocycles. The number of carbonyl (C=O) groups is 2. The van der Waals surface area contributed by atoms with E-state index in [0.717, 1.165) is 15.4 Å². The summed E-state index contributed by atoms with van der Waals surface area (Å²) < 4.78 is 0. The van der Waals surface area contributed by atoms with E-state index in [1.54, 1.807) is 12.3 Å². The van der Waals surface area contributed by atoms with Gasteiger partial charge in [-0.3, -0.25) is 0 Å². The molecule has 0 atom stereocenters. The second kappa shape index (κ2) is 6.80. The SMILES string of the molecule is Cc1cnc(CNC(=O)NCc2ccc(C(=O)O)nc2)s1. The zero-order valence-corrected chi connectivity index (χ0v) is 12.1. The van der Waals surface area contributed by atoms with Crippen LogP contribution in [0.25, 0.3) is 0 Å². The smallest absolute Gasteiger partial charge is 0.354 e. The molecule has 110 valence electrons. The highest BCUT2D eigenvalue weighted by Gasteiger charge is 2.05. The summed E-state index contributed by atoms with van der Waals surface area (Å²) in [6.45, 7) is 2.60. The Morgan fingerprint density at radius 1 is 1.19 bits per heavy atom. The number of amides is 2. The fraction of sp³-hybridized carbons (Fsp3) is 0.231. The highest BCUT2D eigenvalue weighted by Crippen LogP contribution is 2.10. The van der Waals surface area contributed by atoms with Crippen LogP contribution in [-0.4, -0.2) is 27.1 Å². The van der Waals surface area contributed by atoms with Crippen molar-refractivity contribution in [2.24, 2.45) is 0 Å². The van der Waals surface area contributed by atoms with Gasteiger partial charge in [-0.2, -0.15) is 0 Å². The Morgan fingerprint density at radius 2 is 1.95 bits per heavy atom. The summed E-state index contributed by atoms with van der Waals surface area (Å²) in [7, 11) is 0. The monoisotopic (exact) mass is 306 g/mol. The van der Waals surface area contributed by atoms with Gasteiger partial charge in [-0.1, -0.05) is 6.07 Å². The lowest BCUT2D eigenvalue weighted by Gasteiger charge is -2.06. The summed E-state index contributed by atoms with van der Waals surface area (Å²) >= 11 is 1.53. The minimum absolute atomic E-state index is 0.0256. The van der Waals surface area contributed by atoms with Gasteiger partial charge in [-0.25, -0.2) is 19.6 Å². The first-order valence-electron chi connectivity index (χ1n) is 6.16. The molecular formula is C13H14N4O3S. The maximum absolute atomic E-state index is 11.6. The number of urea groups is 1. The Bertz CT molecular complexity index is 639. The van der Waals surface area contributed by atoms with E-state index < -0.39 is 5.97 Å². The number of nitrogens with one attached hydrogen (secondary N) is 2. The van der Waals surface area contributed by atoms with E-state index in [2.05, 4.69) is 20.6 Å². The summed E-state index contributed by atoms with van der Waals surface area (Å²) in [4.78, 5) is 31.3. The predicted octanol–water partition coefficient (Wildman–Crippen LogP) is 1.54. The first-order valence-corrected chi connectivity index (χ1v) is 6.97. The van der Waals surface area contributed by atoms with Crippen molar-refractivity contribution in [3.8, 4) is 0 Å². The van der Waals surface area contributed by atoms with Crippen LogP contribution in [-0.2, 0) is 13.1 Å². The lowest BCUT2D eigenvalue weighted by atomic mass is 10.2. The number of carboxylic acid groups (broad SMARTS) is 1. The molecule has 0 fully saturated rings. The molecule has 0 unspecified atom stereocenters. The molecule has 0 aliphatic heterocycles. The fourth-order valence-corrected chi connectivity index (χ4v) is 2.27. The van der Waals surface area contributed by atoms with Gasteiger partial charge in [0.1, 0.15) is 10.7 Å². The zero-order chi connectivity index (χ0) is 15.2. The number of carboxylic acids is 1. The van der Waals surface area contributed by atoms with Crippen molar-refractivity contribution >= 4 is 23.3 Å². The average molecular weight is 306 g/mol. The Hall–Kier alpha value is -2.48. The molecule has 0 bridgehead atoms. The number of rotatable bonds is 5. The molecule has 2 aromatic heterocycles. The zero-order valence-electron chi connectivity index (χ0n) is 11.3. The van der Waals surface area contributed by atoms with E-state index >= 15 is 0 Å². The first-order chi connectivity index (χ1) is 10.0. The molecule has 0 aliphatic carbocycles. The van der Waals surface area contributed by atoms with Crippen molar-refractivity contribution in [1.29, 1.82) is 0 Å². The van der Waals surface area contributed by atoms with Crippen LogP contribution in [0.15, 0.2) is 24.5 Å². The van der Waals surface area contributed by atoms with E-state index in [1.165, 1.54) is 23.6 Å². The molecule has 2 heterocycles. The van der Waals surface area contributed by atoms with Crippen molar-refractivity contribution in [3.05, 3.63) is 45.7 Å². The lowest BCUT2D eigenvalue weighted by molar-refractivity contribution is 0.0690. The van der Waals surface area contributed by atoms with Crippen LogP contribution < -0.4 is 10.6 Å². The van der Waals surface area contributed by atoms with Gasteiger partial charge in [0.05, 0.1) is 6.54 Å². The quantitative estimate of drug-likeness (QED) is 0.777. The third-order valence-corrected chi connectivity index (χ3v) is 3.48. The summed E-state index contributed by atoms with van der Waals surface area (Å²) in [5.41, 5.74) is 0.697. The average Bonchev–Trinajstić information content (AvgIpc) is 2.89. The first kappa shape index (κ1) is 14.9. The van der Waals surface area contributed by atoms with Crippen molar-refractivity contribution in [2.75, 3.05) is 0 Å². The summed E-state index contributed by atoms with van der Waals surface area (Å²) in [5.74, 6) is -1.08. The molecule has 2 rings (SSSR count). The number of hydrogen-bond acceptors (Lipinski definition) is 5. The van der Waals surface area contributed by atoms with Crippen LogP contribution >= 0.6 is 11.3 Å². The largest absolute Gasteiger partial charge is 0.477 e. The number of aryl methyl sites for hydroxylation is 1. The molecular weight excluding hydrogens is 292 g/mol. The van der Waals surface area contributed by atoms with Crippen molar-refractivity contribution in [1.82, 2.24) is 20.6 Å². The number of hydrogen-bond donors (Lipinski definition) is 3. The molecule has 8 heteroatoms. The maximum atomic E-state index is 11.6. The van der Waals surface area contributed by atoms with Gasteiger partial charge in [0.15, 0.2) is 0 Å². The maximum Gasteiger partial charge on any atom is 0.354 e. The number of aromatic carboxylic acids is 1. The highest BCUT2D eigenvalue weighted by molar-refractivity contribution is 7.11. The highest BCUT2D eigenvalue weighted by atomic mass is 32.1. The molecule has 7 nitrogen and oxygen atoms in total. The number of nitrogens with zero attached hydrogens (tertiary/aromatic N) is 2. The summed E-state index contributed by atoms with van der Waals surface area (Å²) in [6, 6.07) is 2.70. The second-order valence-corrected chi connectivity index (χ2v) is 5.58. The third-order valence-electron chi connectivity index (χ3n) is 2.57. The van der Waals surface area contributed by atoms with Gasteiger partial charge in [-0.15, -0.1) is 11.3 Å². The van der Waals surface area contributed by atoms with E-state index in [0.29, 0.717) is 6.54 Å². The van der Waals surface area contributed by atoms with Crippen molar-refractivity contribution in [3.63, 3.8) is 0 Å². The molecule has 0 aliphatic rings. The molecule has 0 spiro atoms. The number of thiazole rings is 1. The normalized spacial score (nSPS) is 10.1. The minimum Gasteiger partial charge on any atom is -0.477 e. The van der Waals surface area contributed by atoms with E-state index in [1.807, 2.05) is 6.92 Å². The van der Waals surface area contributed by atoms with Gasteiger partial charge in [0.25, 0.3) is 0 Å². The van der Waals surface area contributed by atoms with Crippen molar-refractivity contribution in [2.45, 2.75) is 20.0 Å². The third kappa shape index (κ3) is 4.53. The van der Waals surface area contributed by atoms with Crippen LogP contribution in [0.3, 0.4) is 0 Å². The minimum atomic E-state index is -1.08. The van der Waals surface area contributed by atoms with Gasteiger partial charge in [-0.05, 0) is 18.6 Å². The number of aromatic nitrogens is 2. The van der Waals surface area contributed by atoms with Crippen LogP contribution in [0.4, 0.5) is 4.79 Å². The number of pyridine rings is 1. The van der Waals surface area contributed by atoms with Crippen LogP contribution in [0.5, 0.6) is 0 Å². The second-order valence-electron chi connectivity index (χ2n) is 4.26. The van der Waals surface area contributed by atoms with E-state index in [4.69, 9.17) is 5.11 Å². The Morgan fingerprint density at radius 3 is 2.52 bits per heavy atom. The standard InChI is InChI=1S/C13H14N4O3S/c1-8-4-15-11(21-8)7-17-13(20)16-6-9-2-3-10(12(18)19)14-5-9/h2-5H,6-7H2,1H3,(H,18,19)(H2,16,17,20). The van der Waals surface area contributed by atoms with Gasteiger partial charge >= 0.3 is 12.0 Å². The van der Waals surface area contributed by atoms with Gasteiger partial charge < -0.3 is 15.7 Å². The molecule has 2 amide bonds. The Labute approximate surface area is 125 Å². The molecule has 21 heavy (non-hydrogen) atoms. The van der Waals surface area contributed by atoms with E-state index in [-0.39, 0.29) is 18.3 Å². The molecule has 2 aromatic rings. The van der Waals surface area contributed by atoms with Gasteiger partial charge in [0, 0.05) is 23.8 Å². The Balaban J connectivity index is 1.77. The van der Waals surface area contributed by atoms with Crippen molar-refractivity contribution < 1.29 is 14.7 Å². The van der Waals surface area contributed by atoms with E-state index in [9.17, 15) is 9.59 Å². The molecule has 0 saturated carbocycles. The molecule has 0 radical (unpaired) electrons. The topological polar surface area (TPSA) is 104 Å². The molecule has 0 saturated heterocycles. The van der Waals surface area contributed by atoms with Crippen LogP contribution in [0, 0.1) is 6.92 Å². The predicted molar refractivity (Wildman–Crippen MR) is 77.1 cm³/mol.